The van der Waals surface area contributed by atoms with Crippen molar-refractivity contribution in [2.75, 3.05) is 11.4 Å². The molecule has 2 saturated carbocycles. The van der Waals surface area contributed by atoms with Crippen LogP contribution in [0.25, 0.3) is 0 Å². The molecule has 0 aromatic heterocycles. The van der Waals surface area contributed by atoms with Crippen LogP contribution in [0.5, 0.6) is 5.75 Å². The number of esters is 1. The van der Waals surface area contributed by atoms with Gasteiger partial charge >= 0.3 is 5.97 Å². The number of amides is 3. The molecule has 2 aromatic rings. The number of nitrogens with zero attached hydrogens (tertiary/aromatic N) is 2. The van der Waals surface area contributed by atoms with E-state index in [1.54, 1.807) is 29.2 Å². The summed E-state index contributed by atoms with van der Waals surface area (Å²) in [6, 6.07) is 16.2. The largest absolute Gasteiger partial charge is 0.426 e. The van der Waals surface area contributed by atoms with Gasteiger partial charge in [0.1, 0.15) is 5.75 Å². The Morgan fingerprint density at radius 2 is 1.59 bits per heavy atom. The van der Waals surface area contributed by atoms with Crippen LogP contribution < -0.4 is 9.64 Å². The molecular formula is C30H28N2O5. The van der Waals surface area contributed by atoms with Gasteiger partial charge in [-0.25, -0.2) is 4.90 Å². The lowest BCUT2D eigenvalue weighted by Gasteiger charge is -2.37. The Kier molecular flexibility index (Phi) is 4.94. The van der Waals surface area contributed by atoms with Crippen LogP contribution in [0.1, 0.15) is 31.4 Å². The number of imide groups is 1. The molecule has 6 aliphatic rings. The number of ether oxygens (including phenoxy) is 1. The Morgan fingerprint density at radius 1 is 0.919 bits per heavy atom. The lowest BCUT2D eigenvalue weighted by Crippen LogP contribution is -2.40. The maximum absolute atomic E-state index is 13.4. The number of allylic oxidation sites excluding steroid dienone is 2. The summed E-state index contributed by atoms with van der Waals surface area (Å²) in [6.07, 6.45) is 5.52. The van der Waals surface area contributed by atoms with E-state index < -0.39 is 11.9 Å². The highest BCUT2D eigenvalue weighted by molar-refractivity contribution is 6.22. The molecule has 3 amide bonds. The van der Waals surface area contributed by atoms with E-state index in [4.69, 9.17) is 4.74 Å². The second-order valence-electron chi connectivity index (χ2n) is 11.1. The first-order valence-electron chi connectivity index (χ1n) is 13.1. The van der Waals surface area contributed by atoms with Gasteiger partial charge in [-0.1, -0.05) is 48.6 Å². The fourth-order valence-electron chi connectivity index (χ4n) is 7.27. The first kappa shape index (κ1) is 22.5. The number of carbonyl (C=O) groups is 4. The second kappa shape index (κ2) is 8.13. The minimum atomic E-state index is -0.575. The van der Waals surface area contributed by atoms with Crippen LogP contribution in [0.2, 0.25) is 0 Å². The summed E-state index contributed by atoms with van der Waals surface area (Å²) in [5.74, 6) is -0.321. The molecule has 2 aliphatic heterocycles. The first-order valence-corrected chi connectivity index (χ1v) is 13.1. The van der Waals surface area contributed by atoms with Crippen molar-refractivity contribution in [1.82, 2.24) is 4.90 Å². The van der Waals surface area contributed by atoms with Crippen molar-refractivity contribution in [3.8, 4) is 5.75 Å². The van der Waals surface area contributed by atoms with Crippen molar-refractivity contribution in [3.63, 3.8) is 0 Å². The number of benzene rings is 2. The van der Waals surface area contributed by atoms with Crippen LogP contribution in [-0.4, -0.2) is 35.1 Å². The number of rotatable bonds is 5. The Morgan fingerprint density at radius 3 is 2.27 bits per heavy atom. The molecule has 0 radical (unpaired) electrons. The smallest absolute Gasteiger partial charge is 0.316 e. The third kappa shape index (κ3) is 3.40. The quantitative estimate of drug-likeness (QED) is 0.272. The van der Waals surface area contributed by atoms with Gasteiger partial charge in [0, 0.05) is 19.0 Å². The van der Waals surface area contributed by atoms with Crippen molar-refractivity contribution in [2.24, 2.45) is 41.4 Å². The van der Waals surface area contributed by atoms with Gasteiger partial charge in [-0.2, -0.15) is 0 Å². The number of hydrogen-bond donors (Lipinski definition) is 0. The van der Waals surface area contributed by atoms with Gasteiger partial charge in [0.25, 0.3) is 0 Å². The predicted octanol–water partition coefficient (Wildman–Crippen LogP) is 3.76. The van der Waals surface area contributed by atoms with E-state index in [1.807, 2.05) is 37.3 Å². The van der Waals surface area contributed by atoms with Gasteiger partial charge in [0.05, 0.1) is 29.5 Å². The maximum Gasteiger partial charge on any atom is 0.316 e. The second-order valence-corrected chi connectivity index (χ2v) is 11.1. The lowest BCUT2D eigenvalue weighted by molar-refractivity contribution is -0.139. The average molecular weight is 497 g/mol. The summed E-state index contributed by atoms with van der Waals surface area (Å²) in [5, 5.41) is 0. The molecule has 0 spiro atoms. The van der Waals surface area contributed by atoms with Gasteiger partial charge in [-0.3, -0.25) is 19.2 Å². The van der Waals surface area contributed by atoms with Gasteiger partial charge < -0.3 is 9.64 Å². The zero-order chi connectivity index (χ0) is 25.4. The molecule has 4 fully saturated rings. The molecule has 7 heteroatoms. The Balaban J connectivity index is 1.06. The molecule has 2 bridgehead atoms. The number of hydrogen-bond acceptors (Lipinski definition) is 5. The molecule has 2 saturated heterocycles. The van der Waals surface area contributed by atoms with Crippen LogP contribution in [0, 0.1) is 41.4 Å². The summed E-state index contributed by atoms with van der Waals surface area (Å²) in [7, 11) is 0. The Bertz CT molecular complexity index is 1320. The van der Waals surface area contributed by atoms with Gasteiger partial charge in [0.2, 0.25) is 17.7 Å². The minimum Gasteiger partial charge on any atom is -0.426 e. The zero-order valence-corrected chi connectivity index (χ0v) is 20.5. The molecule has 2 heterocycles. The van der Waals surface area contributed by atoms with E-state index in [9.17, 15) is 19.2 Å². The predicted molar refractivity (Wildman–Crippen MR) is 134 cm³/mol. The molecule has 2 aromatic carbocycles. The lowest BCUT2D eigenvalue weighted by atomic mass is 9.63. The van der Waals surface area contributed by atoms with E-state index in [2.05, 4.69) is 12.2 Å². The van der Waals surface area contributed by atoms with Crippen molar-refractivity contribution in [1.29, 1.82) is 0 Å². The highest BCUT2D eigenvalue weighted by Crippen LogP contribution is 2.65. The third-order valence-corrected chi connectivity index (χ3v) is 9.20. The average Bonchev–Trinajstić information content (AvgIpc) is 3.59. The van der Waals surface area contributed by atoms with E-state index in [-0.39, 0.29) is 66.2 Å². The van der Waals surface area contributed by atoms with Crippen LogP contribution >= 0.6 is 0 Å². The standard InChI is InChI=1S/C30H28N2O5/c1-16(17-6-3-2-4-7-17)31-15-18(12-25(31)33)30(36)37-20-9-5-8-19(13-20)32-28(34)26-21-10-11-22(24-14-23(21)24)27(26)29(32)35/h2-11,13,16,18,21-24,26-27H,12,14-15H2,1H3/t16-,18-,21+,22+,23+,24+,26-,27-/m1/s1. The first-order chi connectivity index (χ1) is 17.9. The summed E-state index contributed by atoms with van der Waals surface area (Å²) in [4.78, 5) is 55.6. The van der Waals surface area contributed by atoms with Crippen molar-refractivity contribution < 1.29 is 23.9 Å². The van der Waals surface area contributed by atoms with Gasteiger partial charge in [-0.05, 0) is 54.7 Å². The van der Waals surface area contributed by atoms with E-state index in [0.717, 1.165) is 12.0 Å². The molecule has 37 heavy (non-hydrogen) atoms. The molecule has 188 valence electrons. The van der Waals surface area contributed by atoms with Crippen LogP contribution in [-0.2, 0) is 19.2 Å². The SMILES string of the molecule is C[C@H](c1ccccc1)N1C[C@H](C(=O)Oc2cccc(N3C(=O)[C@@H]4[C@H]5C=C[C@@H]([C@@H]6C[C@@H]56)[C@H]4C3=O)c2)CC1=O. The van der Waals surface area contributed by atoms with Crippen molar-refractivity contribution >= 4 is 29.4 Å². The normalized spacial score (nSPS) is 34.0. The topological polar surface area (TPSA) is 84.0 Å². The van der Waals surface area contributed by atoms with Gasteiger partial charge in [-0.15, -0.1) is 0 Å². The van der Waals surface area contributed by atoms with E-state index in [1.165, 1.54) is 4.90 Å². The van der Waals surface area contributed by atoms with Gasteiger partial charge in [0.15, 0.2) is 0 Å². The number of likely N-dealkylation sites (tertiary alicyclic amines) is 1. The molecule has 8 rings (SSSR count). The Hall–Kier alpha value is -3.74. The fourth-order valence-corrected chi connectivity index (χ4v) is 7.27. The Labute approximate surface area is 215 Å². The van der Waals surface area contributed by atoms with Crippen LogP contribution in [0.3, 0.4) is 0 Å². The molecule has 0 unspecified atom stereocenters. The summed E-state index contributed by atoms with van der Waals surface area (Å²) in [6.45, 7) is 2.25. The number of anilines is 1. The summed E-state index contributed by atoms with van der Waals surface area (Å²) < 4.78 is 5.67. The monoisotopic (exact) mass is 496 g/mol. The molecule has 4 aliphatic carbocycles. The third-order valence-electron chi connectivity index (χ3n) is 9.20. The highest BCUT2D eigenvalue weighted by Gasteiger charge is 2.67. The molecule has 0 N–H and O–H groups in total. The van der Waals surface area contributed by atoms with Crippen LogP contribution in [0.15, 0.2) is 66.7 Å². The van der Waals surface area contributed by atoms with Crippen LogP contribution in [0.4, 0.5) is 5.69 Å². The zero-order valence-electron chi connectivity index (χ0n) is 20.5. The molecule has 7 nitrogen and oxygen atoms in total. The van der Waals surface area contributed by atoms with Crippen molar-refractivity contribution in [3.05, 3.63) is 72.3 Å². The van der Waals surface area contributed by atoms with E-state index >= 15 is 0 Å². The number of carbonyl (C=O) groups excluding carboxylic acids is 4. The highest BCUT2D eigenvalue weighted by atomic mass is 16.5. The molecule has 8 atom stereocenters. The summed E-state index contributed by atoms with van der Waals surface area (Å²) in [5.41, 5.74) is 1.45. The van der Waals surface area contributed by atoms with E-state index in [0.29, 0.717) is 17.5 Å². The minimum absolute atomic E-state index is 0.0794. The fraction of sp³-hybridized carbons (Fsp3) is 0.400. The maximum atomic E-state index is 13.4. The molecular weight excluding hydrogens is 468 g/mol. The summed E-state index contributed by atoms with van der Waals surface area (Å²) >= 11 is 0. The van der Waals surface area contributed by atoms with Crippen molar-refractivity contribution in [2.45, 2.75) is 25.8 Å².